The number of rotatable bonds is 7. The van der Waals surface area contributed by atoms with E-state index < -0.39 is 5.54 Å². The van der Waals surface area contributed by atoms with Crippen LogP contribution in [-0.4, -0.2) is 34.2 Å². The number of nitrogens with one attached hydrogen (secondary N) is 1. The van der Waals surface area contributed by atoms with Crippen LogP contribution in [0, 0.1) is 0 Å². The Morgan fingerprint density at radius 3 is 2.61 bits per heavy atom. The summed E-state index contributed by atoms with van der Waals surface area (Å²) in [5, 5.41) is 7.63. The molecule has 0 fully saturated rings. The summed E-state index contributed by atoms with van der Waals surface area (Å²) in [6.45, 7) is 4.35. The van der Waals surface area contributed by atoms with Gasteiger partial charge in [-0.05, 0) is 60.9 Å². The first kappa shape index (κ1) is 23.4. The lowest BCUT2D eigenvalue weighted by Crippen LogP contribution is -2.64. The maximum atomic E-state index is 13.9. The van der Waals surface area contributed by atoms with Crippen LogP contribution in [0.3, 0.4) is 0 Å². The Bertz CT molecular complexity index is 1390. The van der Waals surface area contributed by atoms with Gasteiger partial charge < -0.3 is 14.5 Å². The molecule has 4 aromatic rings. The molecular weight excluding hydrogens is 456 g/mol. The van der Waals surface area contributed by atoms with Crippen LogP contribution >= 0.6 is 0 Å². The Labute approximate surface area is 209 Å². The Morgan fingerprint density at radius 2 is 1.92 bits per heavy atom. The van der Waals surface area contributed by atoms with Crippen LogP contribution in [0.15, 0.2) is 77.4 Å². The molecule has 5 rings (SSSR count). The summed E-state index contributed by atoms with van der Waals surface area (Å²) in [6.07, 6.45) is 2.38. The SMILES string of the molecule is CCc1cccc(N2C(=O)c3cc(-c4ccco4)nn3C[C@]2(C)C(=O)NCc2ccc(OC)cc2)c1. The highest BCUT2D eigenvalue weighted by atomic mass is 16.5. The number of aromatic nitrogens is 2. The lowest BCUT2D eigenvalue weighted by molar-refractivity contribution is -0.126. The number of fused-ring (bicyclic) bond motifs is 1. The summed E-state index contributed by atoms with van der Waals surface area (Å²) in [5.41, 5.74) is 2.42. The van der Waals surface area contributed by atoms with Crippen LogP contribution in [0.5, 0.6) is 5.75 Å². The van der Waals surface area contributed by atoms with E-state index in [2.05, 4.69) is 17.3 Å². The van der Waals surface area contributed by atoms with E-state index >= 15 is 0 Å². The number of nitrogens with zero attached hydrogens (tertiary/aromatic N) is 3. The van der Waals surface area contributed by atoms with E-state index in [4.69, 9.17) is 9.15 Å². The molecule has 36 heavy (non-hydrogen) atoms. The Morgan fingerprint density at radius 1 is 1.11 bits per heavy atom. The topological polar surface area (TPSA) is 89.6 Å². The molecule has 0 unspecified atom stereocenters. The molecular formula is C28H28N4O4. The number of carbonyl (C=O) groups is 2. The summed E-state index contributed by atoms with van der Waals surface area (Å²) in [6, 6.07) is 20.5. The quantitative estimate of drug-likeness (QED) is 0.419. The zero-order valence-corrected chi connectivity index (χ0v) is 20.5. The van der Waals surface area contributed by atoms with Gasteiger partial charge in [0.1, 0.15) is 22.7 Å². The second-order valence-corrected chi connectivity index (χ2v) is 9.02. The number of methoxy groups -OCH3 is 1. The van der Waals surface area contributed by atoms with Gasteiger partial charge in [-0.2, -0.15) is 5.10 Å². The highest BCUT2D eigenvalue weighted by molar-refractivity contribution is 6.12. The van der Waals surface area contributed by atoms with Crippen molar-refractivity contribution in [3.05, 3.63) is 89.8 Å². The third-order valence-corrected chi connectivity index (χ3v) is 6.61. The van der Waals surface area contributed by atoms with Crippen molar-refractivity contribution in [1.82, 2.24) is 15.1 Å². The monoisotopic (exact) mass is 484 g/mol. The Hall–Kier alpha value is -4.33. The molecule has 1 aliphatic heterocycles. The van der Waals surface area contributed by atoms with Crippen molar-refractivity contribution in [2.45, 2.75) is 38.9 Å². The van der Waals surface area contributed by atoms with Crippen molar-refractivity contribution in [1.29, 1.82) is 0 Å². The van der Waals surface area contributed by atoms with Crippen LogP contribution in [0.25, 0.3) is 11.5 Å². The van der Waals surface area contributed by atoms with Crippen molar-refractivity contribution in [2.75, 3.05) is 12.0 Å². The molecule has 1 aliphatic rings. The standard InChI is InChI=1S/C28H28N4O4/c1-4-19-7-5-8-21(15-19)32-26(33)24-16-23(25-9-6-14-36-25)30-31(24)18-28(32,2)27(34)29-17-20-10-12-22(35-3)13-11-20/h5-16H,4,17-18H2,1-3H3,(H,29,34)/t28-/m1/s1. The minimum Gasteiger partial charge on any atom is -0.497 e. The van der Waals surface area contributed by atoms with Crippen molar-refractivity contribution in [3.63, 3.8) is 0 Å². The summed E-state index contributed by atoms with van der Waals surface area (Å²) >= 11 is 0. The van der Waals surface area contributed by atoms with Gasteiger partial charge in [-0.3, -0.25) is 19.2 Å². The van der Waals surface area contributed by atoms with Gasteiger partial charge in [-0.15, -0.1) is 0 Å². The Kier molecular flexibility index (Phi) is 6.10. The predicted octanol–water partition coefficient (Wildman–Crippen LogP) is 4.45. The van der Waals surface area contributed by atoms with Crippen LogP contribution in [0.2, 0.25) is 0 Å². The summed E-state index contributed by atoms with van der Waals surface area (Å²) < 4.78 is 12.3. The largest absolute Gasteiger partial charge is 0.497 e. The molecule has 8 heteroatoms. The van der Waals surface area contributed by atoms with E-state index in [1.165, 1.54) is 0 Å². The molecule has 2 aromatic heterocycles. The zero-order valence-electron chi connectivity index (χ0n) is 20.5. The molecule has 0 spiro atoms. The lowest BCUT2D eigenvalue weighted by Gasteiger charge is -2.43. The first-order chi connectivity index (χ1) is 17.4. The summed E-state index contributed by atoms with van der Waals surface area (Å²) in [4.78, 5) is 29.3. The van der Waals surface area contributed by atoms with Gasteiger partial charge in [0.25, 0.3) is 5.91 Å². The smallest absolute Gasteiger partial charge is 0.277 e. The number of benzene rings is 2. The van der Waals surface area contributed by atoms with E-state index in [0.717, 1.165) is 23.3 Å². The molecule has 184 valence electrons. The van der Waals surface area contributed by atoms with Crippen LogP contribution in [-0.2, 0) is 24.3 Å². The highest BCUT2D eigenvalue weighted by Gasteiger charge is 2.49. The normalized spacial score (nSPS) is 17.1. The number of anilines is 1. The number of carbonyl (C=O) groups excluding carboxylic acids is 2. The number of furan rings is 1. The fraction of sp³-hybridized carbons (Fsp3) is 0.250. The zero-order chi connectivity index (χ0) is 25.3. The number of hydrogen-bond acceptors (Lipinski definition) is 5. The predicted molar refractivity (Wildman–Crippen MR) is 136 cm³/mol. The number of aryl methyl sites for hydroxylation is 1. The second kappa shape index (κ2) is 9.37. The first-order valence-electron chi connectivity index (χ1n) is 11.9. The number of ether oxygens (including phenoxy) is 1. The molecule has 2 amide bonds. The Balaban J connectivity index is 1.51. The van der Waals surface area contributed by atoms with Crippen molar-refractivity contribution in [3.8, 4) is 17.2 Å². The van der Waals surface area contributed by atoms with Gasteiger partial charge >= 0.3 is 0 Å². The van der Waals surface area contributed by atoms with Crippen LogP contribution in [0.4, 0.5) is 5.69 Å². The molecule has 8 nitrogen and oxygen atoms in total. The minimum atomic E-state index is -1.21. The summed E-state index contributed by atoms with van der Waals surface area (Å²) in [5.74, 6) is 0.751. The maximum absolute atomic E-state index is 13.9. The van der Waals surface area contributed by atoms with Crippen LogP contribution in [0.1, 0.15) is 35.5 Å². The van der Waals surface area contributed by atoms with Crippen molar-refractivity contribution >= 4 is 17.5 Å². The van der Waals surface area contributed by atoms with E-state index in [-0.39, 0.29) is 18.4 Å². The van der Waals surface area contributed by atoms with Gasteiger partial charge in [-0.1, -0.05) is 31.2 Å². The van der Waals surface area contributed by atoms with Gasteiger partial charge in [0.05, 0.1) is 19.9 Å². The fourth-order valence-corrected chi connectivity index (χ4v) is 4.56. The van der Waals surface area contributed by atoms with Crippen molar-refractivity contribution in [2.24, 2.45) is 0 Å². The average Bonchev–Trinajstić information content (AvgIpc) is 3.58. The third-order valence-electron chi connectivity index (χ3n) is 6.61. The van der Waals surface area contributed by atoms with E-state index in [0.29, 0.717) is 29.4 Å². The first-order valence-corrected chi connectivity index (χ1v) is 11.9. The van der Waals surface area contributed by atoms with Gasteiger partial charge in [-0.25, -0.2) is 0 Å². The van der Waals surface area contributed by atoms with E-state index in [9.17, 15) is 9.59 Å². The number of amides is 2. The number of hydrogen-bond donors (Lipinski definition) is 1. The van der Waals surface area contributed by atoms with E-state index in [1.54, 1.807) is 48.1 Å². The third kappa shape index (κ3) is 4.15. The molecule has 0 bridgehead atoms. The van der Waals surface area contributed by atoms with Gasteiger partial charge in [0.15, 0.2) is 5.76 Å². The average molecular weight is 485 g/mol. The minimum absolute atomic E-state index is 0.194. The molecule has 3 heterocycles. The van der Waals surface area contributed by atoms with Crippen molar-refractivity contribution < 1.29 is 18.7 Å². The highest BCUT2D eigenvalue weighted by Crippen LogP contribution is 2.34. The molecule has 1 N–H and O–H groups in total. The van der Waals surface area contributed by atoms with E-state index in [1.807, 2.05) is 48.5 Å². The second-order valence-electron chi connectivity index (χ2n) is 9.02. The molecule has 0 saturated heterocycles. The lowest BCUT2D eigenvalue weighted by atomic mass is 9.93. The molecule has 2 aromatic carbocycles. The fourth-order valence-electron chi connectivity index (χ4n) is 4.56. The molecule has 0 aliphatic carbocycles. The van der Waals surface area contributed by atoms with Gasteiger partial charge in [0, 0.05) is 18.3 Å². The molecule has 0 saturated carbocycles. The maximum Gasteiger partial charge on any atom is 0.277 e. The molecule has 1 atom stereocenters. The summed E-state index contributed by atoms with van der Waals surface area (Å²) in [7, 11) is 1.61. The van der Waals surface area contributed by atoms with Crippen LogP contribution < -0.4 is 15.0 Å². The van der Waals surface area contributed by atoms with Gasteiger partial charge in [0.2, 0.25) is 5.91 Å². The molecule has 0 radical (unpaired) electrons.